The van der Waals surface area contributed by atoms with E-state index >= 15 is 0 Å². The van der Waals surface area contributed by atoms with Crippen LogP contribution in [0.15, 0.2) is 0 Å². The molecule has 0 aliphatic heterocycles. The van der Waals surface area contributed by atoms with Crippen molar-refractivity contribution < 1.29 is 14.3 Å². The summed E-state index contributed by atoms with van der Waals surface area (Å²) in [4.78, 5) is 13.8. The lowest BCUT2D eigenvalue weighted by Crippen LogP contribution is -2.50. The minimum atomic E-state index is -0.602. The molecule has 0 heterocycles. The Hall–Kier alpha value is -0.650. The molecule has 5 nitrogen and oxygen atoms in total. The first-order valence-corrected chi connectivity index (χ1v) is 7.03. The minimum Gasteiger partial charge on any atom is -0.384 e. The Kier molecular flexibility index (Phi) is 13.5. The van der Waals surface area contributed by atoms with Crippen LogP contribution in [0.4, 0.5) is 0 Å². The van der Waals surface area contributed by atoms with Crippen molar-refractivity contribution in [2.75, 3.05) is 33.9 Å². The summed E-state index contributed by atoms with van der Waals surface area (Å²) in [5.41, 5.74) is 5.85. The van der Waals surface area contributed by atoms with Gasteiger partial charge >= 0.3 is 0 Å². The highest BCUT2D eigenvalue weighted by molar-refractivity contribution is 5.82. The van der Waals surface area contributed by atoms with Crippen molar-refractivity contribution in [1.82, 2.24) is 4.90 Å². The number of hydrogen-bond donors (Lipinski definition) is 1. The summed E-state index contributed by atoms with van der Waals surface area (Å²) >= 11 is 0. The van der Waals surface area contributed by atoms with Crippen LogP contribution in [0.5, 0.6) is 0 Å². The van der Waals surface area contributed by atoms with E-state index in [0.29, 0.717) is 25.6 Å². The molecular weight excluding hydrogens is 244 g/mol. The molecule has 3 atom stereocenters. The second-order valence-electron chi connectivity index (χ2n) is 4.40. The van der Waals surface area contributed by atoms with Crippen LogP contribution in [0.1, 0.15) is 34.6 Å². The molecule has 0 fully saturated rings. The summed E-state index contributed by atoms with van der Waals surface area (Å²) in [6.07, 6.45) is -0.269. The zero-order valence-electron chi connectivity index (χ0n) is 13.6. The average Bonchev–Trinajstić information content (AvgIpc) is 2.44. The Labute approximate surface area is 118 Å². The molecule has 0 aromatic rings. The normalized spacial score (nSPS) is 14.9. The van der Waals surface area contributed by atoms with Gasteiger partial charge in [-0.3, -0.25) is 4.79 Å². The van der Waals surface area contributed by atoms with Crippen LogP contribution in [0.3, 0.4) is 0 Å². The zero-order chi connectivity index (χ0) is 15.4. The Morgan fingerprint density at radius 1 is 1.26 bits per heavy atom. The molecular formula is C14H32N2O3. The molecule has 0 aliphatic carbocycles. The number of nitrogens with zero attached hydrogens (tertiary/aromatic N) is 1. The van der Waals surface area contributed by atoms with Gasteiger partial charge < -0.3 is 20.1 Å². The van der Waals surface area contributed by atoms with Crippen LogP contribution < -0.4 is 5.73 Å². The van der Waals surface area contributed by atoms with Gasteiger partial charge in [0.05, 0.1) is 12.7 Å². The van der Waals surface area contributed by atoms with Crippen molar-refractivity contribution >= 4 is 5.91 Å². The zero-order valence-corrected chi connectivity index (χ0v) is 13.6. The molecule has 0 saturated carbocycles. The Morgan fingerprint density at radius 3 is 2.16 bits per heavy atom. The third kappa shape index (κ3) is 8.18. The Morgan fingerprint density at radius 2 is 1.79 bits per heavy atom. The van der Waals surface area contributed by atoms with Gasteiger partial charge in [-0.1, -0.05) is 20.8 Å². The van der Waals surface area contributed by atoms with Gasteiger partial charge in [-0.05, 0) is 19.8 Å². The Bertz CT molecular complexity index is 225. The fraction of sp³-hybridized carbons (Fsp3) is 0.929. The van der Waals surface area contributed by atoms with E-state index in [2.05, 4.69) is 0 Å². The maximum Gasteiger partial charge on any atom is 0.242 e. The number of rotatable bonds is 8. The average molecular weight is 276 g/mol. The number of ether oxygens (including phenoxy) is 2. The minimum absolute atomic E-state index is 0.0650. The van der Waals surface area contributed by atoms with Gasteiger partial charge in [0.2, 0.25) is 5.91 Å². The van der Waals surface area contributed by atoms with E-state index in [1.807, 2.05) is 27.7 Å². The van der Waals surface area contributed by atoms with Crippen molar-refractivity contribution in [3.63, 3.8) is 0 Å². The number of nitrogens with two attached hydrogens (primary N) is 1. The number of likely N-dealkylation sites (N-methyl/N-ethyl adjacent to an activating group) is 1. The van der Waals surface area contributed by atoms with Crippen molar-refractivity contribution in [1.29, 1.82) is 0 Å². The number of amides is 1. The lowest BCUT2D eigenvalue weighted by atomic mass is 10.1. The predicted molar refractivity (Wildman–Crippen MR) is 79.1 cm³/mol. The summed E-state index contributed by atoms with van der Waals surface area (Å²) < 4.78 is 10.1. The quantitative estimate of drug-likeness (QED) is 0.730. The Balaban J connectivity index is 0. The van der Waals surface area contributed by atoms with E-state index in [1.165, 1.54) is 0 Å². The third-order valence-electron chi connectivity index (χ3n) is 2.84. The first-order chi connectivity index (χ1) is 8.97. The molecule has 5 heteroatoms. The van der Waals surface area contributed by atoms with Gasteiger partial charge in [0, 0.05) is 27.3 Å². The van der Waals surface area contributed by atoms with Gasteiger partial charge in [0.15, 0.2) is 0 Å². The predicted octanol–water partition coefficient (Wildman–Crippen LogP) is 1.51. The molecule has 0 saturated heterocycles. The molecule has 0 aromatic carbocycles. The first kappa shape index (κ1) is 20.7. The van der Waals surface area contributed by atoms with Gasteiger partial charge in [-0.25, -0.2) is 0 Å². The molecule has 19 heavy (non-hydrogen) atoms. The summed E-state index contributed by atoms with van der Waals surface area (Å²) in [5.74, 6) is 0.235. The third-order valence-corrected chi connectivity index (χ3v) is 2.84. The molecule has 3 unspecified atom stereocenters. The van der Waals surface area contributed by atoms with E-state index in [4.69, 9.17) is 15.2 Å². The largest absolute Gasteiger partial charge is 0.384 e. The van der Waals surface area contributed by atoms with Gasteiger partial charge in [-0.15, -0.1) is 0 Å². The second-order valence-corrected chi connectivity index (χ2v) is 4.40. The lowest BCUT2D eigenvalue weighted by molar-refractivity contribution is -0.136. The highest BCUT2D eigenvalue weighted by atomic mass is 16.5. The molecule has 2 N–H and O–H groups in total. The van der Waals surface area contributed by atoms with E-state index in [-0.39, 0.29) is 12.0 Å². The molecule has 116 valence electrons. The summed E-state index contributed by atoms with van der Waals surface area (Å²) in [6, 6.07) is -0.602. The highest BCUT2D eigenvalue weighted by Gasteiger charge is 2.25. The molecule has 0 spiro atoms. The van der Waals surface area contributed by atoms with E-state index in [0.717, 1.165) is 0 Å². The second kappa shape index (κ2) is 12.4. The number of carbonyl (C=O) groups is 1. The fourth-order valence-corrected chi connectivity index (χ4v) is 1.65. The molecule has 0 aliphatic rings. The van der Waals surface area contributed by atoms with Gasteiger partial charge in [-0.2, -0.15) is 0 Å². The molecule has 0 radical (unpaired) electrons. The van der Waals surface area contributed by atoms with Gasteiger partial charge in [0.25, 0.3) is 0 Å². The first-order valence-electron chi connectivity index (χ1n) is 7.03. The van der Waals surface area contributed by atoms with Crippen molar-refractivity contribution in [3.05, 3.63) is 0 Å². The van der Waals surface area contributed by atoms with Crippen LogP contribution in [-0.4, -0.2) is 56.9 Å². The van der Waals surface area contributed by atoms with E-state index < -0.39 is 6.04 Å². The van der Waals surface area contributed by atoms with Gasteiger partial charge in [0.1, 0.15) is 6.04 Å². The molecule has 0 rings (SSSR count). The van der Waals surface area contributed by atoms with Crippen LogP contribution in [0.25, 0.3) is 0 Å². The molecule has 0 aromatic heterocycles. The topological polar surface area (TPSA) is 64.8 Å². The van der Waals surface area contributed by atoms with Crippen molar-refractivity contribution in [2.45, 2.75) is 46.8 Å². The smallest absolute Gasteiger partial charge is 0.242 e. The number of methoxy groups -OCH3 is 2. The lowest BCUT2D eigenvalue weighted by Gasteiger charge is -2.28. The fourth-order valence-electron chi connectivity index (χ4n) is 1.65. The summed E-state index contributed by atoms with van der Waals surface area (Å²) in [5, 5.41) is 0. The standard InChI is InChI=1S/C12H26N2O3.C2H6/c1-6-14(7-9(2)8-16-4)12(15)11(13)10(3)17-5;1-2/h9-11H,6-8,13H2,1-5H3;1-2H3. The number of hydrogen-bond acceptors (Lipinski definition) is 4. The summed E-state index contributed by atoms with van der Waals surface area (Å²) in [7, 11) is 3.22. The van der Waals surface area contributed by atoms with Crippen LogP contribution in [0, 0.1) is 5.92 Å². The molecule has 1 amide bonds. The highest BCUT2D eigenvalue weighted by Crippen LogP contribution is 2.05. The SMILES string of the molecule is CC.CCN(CC(C)COC)C(=O)C(N)C(C)OC. The van der Waals surface area contributed by atoms with E-state index in [1.54, 1.807) is 26.0 Å². The monoisotopic (exact) mass is 276 g/mol. The summed E-state index contributed by atoms with van der Waals surface area (Å²) in [6.45, 7) is 11.7. The van der Waals surface area contributed by atoms with Crippen LogP contribution in [0.2, 0.25) is 0 Å². The maximum absolute atomic E-state index is 12.1. The number of carbonyl (C=O) groups excluding carboxylic acids is 1. The maximum atomic E-state index is 12.1. The van der Waals surface area contributed by atoms with Crippen LogP contribution in [-0.2, 0) is 14.3 Å². The molecule has 0 bridgehead atoms. The van der Waals surface area contributed by atoms with Crippen molar-refractivity contribution in [3.8, 4) is 0 Å². The van der Waals surface area contributed by atoms with E-state index in [9.17, 15) is 4.79 Å². The van der Waals surface area contributed by atoms with Crippen molar-refractivity contribution in [2.24, 2.45) is 11.7 Å². The van der Waals surface area contributed by atoms with Crippen LogP contribution >= 0.6 is 0 Å².